The number of para-hydroxylation sites is 1. The molecule has 138 valence electrons. The predicted molar refractivity (Wildman–Crippen MR) is 105 cm³/mol. The Morgan fingerprint density at radius 1 is 1.15 bits per heavy atom. The summed E-state index contributed by atoms with van der Waals surface area (Å²) in [5.74, 6) is 0.334. The predicted octanol–water partition coefficient (Wildman–Crippen LogP) is 4.96. The Bertz CT molecular complexity index is 767. The number of hydrogen-bond acceptors (Lipinski definition) is 4. The first-order valence-electron chi connectivity index (χ1n) is 8.20. The number of aryl methyl sites for hydroxylation is 1. The van der Waals surface area contributed by atoms with Crippen molar-refractivity contribution in [1.82, 2.24) is 0 Å². The van der Waals surface area contributed by atoms with Gasteiger partial charge in [-0.05, 0) is 37.6 Å². The van der Waals surface area contributed by atoms with Crippen LogP contribution in [0.3, 0.4) is 0 Å². The Balaban J connectivity index is 2.07. The standard InChI is InChI=1S/C19H21BrN2O4/c1-3-22(17-10-5-4-7-14(17)2)19(24)26-16-9-6-8-15(13-16)21-18(23)25-12-11-20/h4-10,13H,3,11-12H2,1-2H3,(H,21,23). The van der Waals surface area contributed by atoms with E-state index in [0.717, 1.165) is 11.3 Å². The third-order valence-corrected chi connectivity index (χ3v) is 3.86. The summed E-state index contributed by atoms with van der Waals surface area (Å²) in [4.78, 5) is 25.7. The highest BCUT2D eigenvalue weighted by Gasteiger charge is 2.18. The first-order valence-corrected chi connectivity index (χ1v) is 9.32. The fourth-order valence-electron chi connectivity index (χ4n) is 2.34. The van der Waals surface area contributed by atoms with Crippen LogP contribution < -0.4 is 15.0 Å². The van der Waals surface area contributed by atoms with Gasteiger partial charge in [-0.25, -0.2) is 9.59 Å². The molecule has 0 aromatic heterocycles. The van der Waals surface area contributed by atoms with Crippen LogP contribution in [0, 0.1) is 6.92 Å². The van der Waals surface area contributed by atoms with Crippen LogP contribution in [0.1, 0.15) is 12.5 Å². The summed E-state index contributed by atoms with van der Waals surface area (Å²) < 4.78 is 10.4. The summed E-state index contributed by atoms with van der Waals surface area (Å²) in [5.41, 5.74) is 2.26. The van der Waals surface area contributed by atoms with E-state index in [4.69, 9.17) is 9.47 Å². The molecule has 0 aliphatic heterocycles. The van der Waals surface area contributed by atoms with Crippen LogP contribution in [0.4, 0.5) is 21.0 Å². The van der Waals surface area contributed by atoms with E-state index in [-0.39, 0.29) is 6.61 Å². The second-order valence-corrected chi connectivity index (χ2v) is 6.17. The highest BCUT2D eigenvalue weighted by atomic mass is 79.9. The van der Waals surface area contributed by atoms with Crippen LogP contribution >= 0.6 is 15.9 Å². The van der Waals surface area contributed by atoms with E-state index in [2.05, 4.69) is 21.2 Å². The molecule has 0 saturated heterocycles. The van der Waals surface area contributed by atoms with Crippen molar-refractivity contribution >= 4 is 39.5 Å². The number of anilines is 2. The number of ether oxygens (including phenoxy) is 2. The van der Waals surface area contributed by atoms with E-state index in [1.54, 1.807) is 29.2 Å². The molecule has 0 aliphatic carbocycles. The quantitative estimate of drug-likeness (QED) is 0.670. The second-order valence-electron chi connectivity index (χ2n) is 5.38. The molecule has 6 nitrogen and oxygen atoms in total. The minimum atomic E-state index is -0.567. The molecule has 0 aliphatic rings. The SMILES string of the molecule is CCN(C(=O)Oc1cccc(NC(=O)OCCBr)c1)c1ccccc1C. The molecular weight excluding hydrogens is 400 g/mol. The van der Waals surface area contributed by atoms with Crippen LogP contribution in [0.2, 0.25) is 0 Å². The minimum absolute atomic E-state index is 0.266. The smallest absolute Gasteiger partial charge is 0.419 e. The summed E-state index contributed by atoms with van der Waals surface area (Å²) >= 11 is 3.18. The Hall–Kier alpha value is -2.54. The molecular formula is C19H21BrN2O4. The summed E-state index contributed by atoms with van der Waals surface area (Å²) in [6.45, 7) is 4.56. The number of rotatable bonds is 6. The zero-order valence-electron chi connectivity index (χ0n) is 14.7. The topological polar surface area (TPSA) is 67.9 Å². The fraction of sp³-hybridized carbons (Fsp3) is 0.263. The number of carbonyl (C=O) groups is 2. The molecule has 0 unspecified atom stereocenters. The zero-order chi connectivity index (χ0) is 18.9. The summed E-state index contributed by atoms with van der Waals surface area (Å²) in [7, 11) is 0. The second kappa shape index (κ2) is 9.82. The van der Waals surface area contributed by atoms with Gasteiger partial charge in [-0.3, -0.25) is 10.2 Å². The lowest BCUT2D eigenvalue weighted by Gasteiger charge is -2.22. The maximum absolute atomic E-state index is 12.6. The van der Waals surface area contributed by atoms with Gasteiger partial charge in [0, 0.05) is 29.3 Å². The molecule has 2 rings (SSSR count). The van der Waals surface area contributed by atoms with E-state index in [1.165, 1.54) is 0 Å². The third kappa shape index (κ3) is 5.49. The first kappa shape index (κ1) is 19.8. The Labute approximate surface area is 161 Å². The Kier molecular flexibility index (Phi) is 7.47. The van der Waals surface area contributed by atoms with Gasteiger partial charge in [-0.1, -0.05) is 40.2 Å². The normalized spacial score (nSPS) is 10.1. The lowest BCUT2D eigenvalue weighted by atomic mass is 10.2. The van der Waals surface area contributed by atoms with Crippen molar-refractivity contribution < 1.29 is 19.1 Å². The first-order chi connectivity index (χ1) is 12.5. The number of carbonyl (C=O) groups excluding carboxylic acids is 2. The zero-order valence-corrected chi connectivity index (χ0v) is 16.3. The number of hydrogen-bond donors (Lipinski definition) is 1. The van der Waals surface area contributed by atoms with Crippen LogP contribution in [0.15, 0.2) is 48.5 Å². The van der Waals surface area contributed by atoms with Crippen molar-refractivity contribution in [3.63, 3.8) is 0 Å². The van der Waals surface area contributed by atoms with Crippen LogP contribution in [0.25, 0.3) is 0 Å². The summed E-state index contributed by atoms with van der Waals surface area (Å²) in [6.07, 6.45) is -1.05. The highest BCUT2D eigenvalue weighted by Crippen LogP contribution is 2.23. The van der Waals surface area contributed by atoms with E-state index in [9.17, 15) is 9.59 Å². The number of nitrogens with zero attached hydrogens (tertiary/aromatic N) is 1. The van der Waals surface area contributed by atoms with Gasteiger partial charge in [-0.15, -0.1) is 0 Å². The molecule has 2 amide bonds. The molecule has 0 heterocycles. The molecule has 0 radical (unpaired) electrons. The van der Waals surface area contributed by atoms with Crippen molar-refractivity contribution in [3.05, 3.63) is 54.1 Å². The molecule has 0 fully saturated rings. The Morgan fingerprint density at radius 3 is 2.62 bits per heavy atom. The van der Waals surface area contributed by atoms with Crippen LogP contribution in [-0.2, 0) is 4.74 Å². The van der Waals surface area contributed by atoms with Crippen LogP contribution in [0.5, 0.6) is 5.75 Å². The average molecular weight is 421 g/mol. The van der Waals surface area contributed by atoms with Gasteiger partial charge in [0.05, 0.1) is 0 Å². The summed E-state index contributed by atoms with van der Waals surface area (Å²) in [5, 5.41) is 3.15. The molecule has 0 saturated carbocycles. The molecule has 0 spiro atoms. The maximum Gasteiger partial charge on any atom is 0.419 e. The molecule has 0 bridgehead atoms. The van der Waals surface area contributed by atoms with Crippen molar-refractivity contribution in [3.8, 4) is 5.75 Å². The maximum atomic E-state index is 12.6. The molecule has 0 atom stereocenters. The van der Waals surface area contributed by atoms with Gasteiger partial charge in [0.1, 0.15) is 12.4 Å². The number of halogens is 1. The van der Waals surface area contributed by atoms with Crippen molar-refractivity contribution in [1.29, 1.82) is 0 Å². The van der Waals surface area contributed by atoms with E-state index in [0.29, 0.717) is 23.3 Å². The average Bonchev–Trinajstić information content (AvgIpc) is 2.62. The van der Waals surface area contributed by atoms with Gasteiger partial charge >= 0.3 is 12.2 Å². The molecule has 2 aromatic rings. The van der Waals surface area contributed by atoms with Gasteiger partial charge in [-0.2, -0.15) is 0 Å². The van der Waals surface area contributed by atoms with E-state index < -0.39 is 12.2 Å². The van der Waals surface area contributed by atoms with Crippen molar-refractivity contribution in [2.45, 2.75) is 13.8 Å². The number of amides is 2. The molecule has 26 heavy (non-hydrogen) atoms. The van der Waals surface area contributed by atoms with E-state index >= 15 is 0 Å². The van der Waals surface area contributed by atoms with Gasteiger partial charge in [0.25, 0.3) is 0 Å². The largest absolute Gasteiger partial charge is 0.448 e. The number of alkyl halides is 1. The highest BCUT2D eigenvalue weighted by molar-refractivity contribution is 9.09. The minimum Gasteiger partial charge on any atom is -0.448 e. The monoisotopic (exact) mass is 420 g/mol. The van der Waals surface area contributed by atoms with Gasteiger partial charge < -0.3 is 9.47 Å². The number of nitrogens with one attached hydrogen (secondary N) is 1. The number of benzene rings is 2. The lowest BCUT2D eigenvalue weighted by molar-refractivity contribution is 0.169. The van der Waals surface area contributed by atoms with Crippen molar-refractivity contribution in [2.75, 3.05) is 28.7 Å². The molecule has 7 heteroatoms. The van der Waals surface area contributed by atoms with E-state index in [1.807, 2.05) is 38.1 Å². The Morgan fingerprint density at radius 2 is 1.92 bits per heavy atom. The molecule has 1 N–H and O–H groups in total. The lowest BCUT2D eigenvalue weighted by Crippen LogP contribution is -2.33. The molecule has 2 aromatic carbocycles. The third-order valence-electron chi connectivity index (χ3n) is 3.54. The van der Waals surface area contributed by atoms with Crippen molar-refractivity contribution in [2.24, 2.45) is 0 Å². The van der Waals surface area contributed by atoms with Gasteiger partial charge in [0.15, 0.2) is 0 Å². The fourth-order valence-corrected chi connectivity index (χ4v) is 2.50. The van der Waals surface area contributed by atoms with Crippen LogP contribution in [-0.4, -0.2) is 30.7 Å². The van der Waals surface area contributed by atoms with Gasteiger partial charge in [0.2, 0.25) is 0 Å². The summed E-state index contributed by atoms with van der Waals surface area (Å²) in [6, 6.07) is 14.2.